The number of epoxide rings is 1. The Labute approximate surface area is 109 Å². The maximum Gasteiger partial charge on any atom is 0.0841 e. The van der Waals surface area contributed by atoms with Crippen molar-refractivity contribution in [1.29, 1.82) is 0 Å². The van der Waals surface area contributed by atoms with E-state index in [9.17, 15) is 0 Å². The van der Waals surface area contributed by atoms with Gasteiger partial charge in [0, 0.05) is 0 Å². The molecule has 0 aliphatic carbocycles. The van der Waals surface area contributed by atoms with Gasteiger partial charge in [0.15, 0.2) is 0 Å². The fraction of sp³-hybridized carbons (Fsp3) is 0.875. The minimum Gasteiger partial charge on any atom is -0.370 e. The molecule has 102 valence electrons. The molecular weight excluding hydrogens is 208 g/mol. The molecule has 1 saturated heterocycles. The Morgan fingerprint density at radius 3 is 2.06 bits per heavy atom. The Morgan fingerprint density at radius 1 is 0.882 bits per heavy atom. The van der Waals surface area contributed by atoms with E-state index < -0.39 is 0 Å². The highest BCUT2D eigenvalue weighted by molar-refractivity contribution is 4.82. The fourth-order valence-corrected chi connectivity index (χ4v) is 1.80. The molecule has 17 heavy (non-hydrogen) atoms. The van der Waals surface area contributed by atoms with Crippen LogP contribution in [0.3, 0.4) is 0 Å². The van der Waals surface area contributed by atoms with Crippen molar-refractivity contribution in [2.75, 3.05) is 0 Å². The van der Waals surface area contributed by atoms with Crippen molar-refractivity contribution in [3.8, 4) is 0 Å². The molecule has 1 heteroatoms. The average Bonchev–Trinajstić information content (AvgIpc) is 3.12. The Morgan fingerprint density at radius 2 is 1.59 bits per heavy atom. The molecule has 0 N–H and O–H groups in total. The zero-order chi connectivity index (χ0) is 12.9. The predicted octanol–water partition coefficient (Wildman–Crippen LogP) is 5.50. The van der Waals surface area contributed by atoms with Crippen LogP contribution in [0.5, 0.6) is 0 Å². The van der Waals surface area contributed by atoms with E-state index in [4.69, 9.17) is 4.74 Å². The van der Waals surface area contributed by atoms with E-state index in [2.05, 4.69) is 39.8 Å². The smallest absolute Gasteiger partial charge is 0.0841 e. The van der Waals surface area contributed by atoms with Gasteiger partial charge < -0.3 is 4.74 Å². The fourth-order valence-electron chi connectivity index (χ4n) is 1.80. The molecule has 1 fully saturated rings. The van der Waals surface area contributed by atoms with Crippen LogP contribution >= 0.6 is 0 Å². The largest absolute Gasteiger partial charge is 0.370 e. The van der Waals surface area contributed by atoms with Crippen molar-refractivity contribution >= 4 is 0 Å². The third-order valence-electron chi connectivity index (χ3n) is 3.06. The molecule has 0 spiro atoms. The summed E-state index contributed by atoms with van der Waals surface area (Å²) < 4.78 is 5.37. The number of allylic oxidation sites excluding steroid dienone is 2. The molecule has 0 amide bonds. The molecule has 0 aromatic rings. The number of unbranched alkanes of at least 4 members (excludes halogenated alkanes) is 3. The average molecular weight is 240 g/mol. The maximum atomic E-state index is 5.37. The lowest BCUT2D eigenvalue weighted by Crippen LogP contribution is -1.90. The summed E-state index contributed by atoms with van der Waals surface area (Å²) >= 11 is 0. The van der Waals surface area contributed by atoms with Gasteiger partial charge in [-0.15, -0.1) is 0 Å². The van der Waals surface area contributed by atoms with Crippen LogP contribution in [0.1, 0.15) is 79.1 Å². The number of rotatable bonds is 8. The quantitative estimate of drug-likeness (QED) is 0.310. The minimum absolute atomic E-state index is 0.622. The Hall–Kier alpha value is -0.300. The molecule has 0 aromatic heterocycles. The van der Waals surface area contributed by atoms with E-state index in [1.54, 1.807) is 0 Å². The van der Waals surface area contributed by atoms with Crippen LogP contribution in [0.15, 0.2) is 12.2 Å². The summed E-state index contributed by atoms with van der Waals surface area (Å²) in [4.78, 5) is 0. The SMILES string of the molecule is CC/C=C/CCCC.CCCCC1OC1CC. The van der Waals surface area contributed by atoms with Gasteiger partial charge in [-0.05, 0) is 25.7 Å². The van der Waals surface area contributed by atoms with Crippen molar-refractivity contribution in [2.24, 2.45) is 0 Å². The van der Waals surface area contributed by atoms with Gasteiger partial charge in [0.25, 0.3) is 0 Å². The van der Waals surface area contributed by atoms with Gasteiger partial charge in [-0.25, -0.2) is 0 Å². The summed E-state index contributed by atoms with van der Waals surface area (Å²) in [7, 11) is 0. The molecule has 0 aromatic carbocycles. The number of ether oxygens (including phenoxy) is 1. The molecule has 0 saturated carbocycles. The summed E-state index contributed by atoms with van der Waals surface area (Å²) in [5.74, 6) is 0. The van der Waals surface area contributed by atoms with Gasteiger partial charge >= 0.3 is 0 Å². The molecule has 1 rings (SSSR count). The second-order valence-electron chi connectivity index (χ2n) is 4.79. The highest BCUT2D eigenvalue weighted by Gasteiger charge is 2.35. The zero-order valence-electron chi connectivity index (χ0n) is 12.4. The molecule has 2 unspecified atom stereocenters. The first-order valence-electron chi connectivity index (χ1n) is 7.60. The first-order valence-corrected chi connectivity index (χ1v) is 7.60. The second kappa shape index (κ2) is 12.2. The molecular formula is C16H32O. The topological polar surface area (TPSA) is 12.5 Å². The number of hydrogen-bond acceptors (Lipinski definition) is 1. The molecule has 1 nitrogen and oxygen atoms in total. The molecule has 2 atom stereocenters. The van der Waals surface area contributed by atoms with Crippen molar-refractivity contribution in [2.45, 2.75) is 91.3 Å². The van der Waals surface area contributed by atoms with Crippen molar-refractivity contribution in [3.05, 3.63) is 12.2 Å². The number of hydrogen-bond donors (Lipinski definition) is 0. The van der Waals surface area contributed by atoms with E-state index >= 15 is 0 Å². The van der Waals surface area contributed by atoms with E-state index in [0.29, 0.717) is 12.2 Å². The van der Waals surface area contributed by atoms with Gasteiger partial charge in [-0.1, -0.05) is 65.5 Å². The van der Waals surface area contributed by atoms with Crippen LogP contribution in [-0.2, 0) is 4.74 Å². The Kier molecular flexibility index (Phi) is 12.0. The van der Waals surface area contributed by atoms with Gasteiger partial charge in [-0.3, -0.25) is 0 Å². The van der Waals surface area contributed by atoms with Crippen molar-refractivity contribution in [1.82, 2.24) is 0 Å². The lowest BCUT2D eigenvalue weighted by Gasteiger charge is -1.88. The normalized spacial score (nSPS) is 22.4. The van der Waals surface area contributed by atoms with Gasteiger partial charge in [-0.2, -0.15) is 0 Å². The molecule has 1 aliphatic rings. The van der Waals surface area contributed by atoms with Crippen molar-refractivity contribution < 1.29 is 4.74 Å². The van der Waals surface area contributed by atoms with E-state index in [1.165, 1.54) is 51.4 Å². The zero-order valence-corrected chi connectivity index (χ0v) is 12.4. The molecule has 1 heterocycles. The van der Waals surface area contributed by atoms with Crippen LogP contribution in [0, 0.1) is 0 Å². The summed E-state index contributed by atoms with van der Waals surface area (Å²) in [6.07, 6.45) is 16.0. The van der Waals surface area contributed by atoms with Crippen LogP contribution in [0.4, 0.5) is 0 Å². The standard InChI is InChI=1S/C8H16O.C8H16/c1-3-5-6-8-7(4-2)9-8;1-3-5-7-8-6-4-2/h7-8H,3-6H2,1-2H3;5,7H,3-4,6,8H2,1-2H3/b;7-5+. The molecule has 0 bridgehead atoms. The van der Waals surface area contributed by atoms with Crippen molar-refractivity contribution in [3.63, 3.8) is 0 Å². The van der Waals surface area contributed by atoms with Crippen LogP contribution in [0.25, 0.3) is 0 Å². The summed E-state index contributed by atoms with van der Waals surface area (Å²) in [5, 5.41) is 0. The minimum atomic E-state index is 0.622. The van der Waals surface area contributed by atoms with E-state index in [-0.39, 0.29) is 0 Å². The van der Waals surface area contributed by atoms with Gasteiger partial charge in [0.1, 0.15) is 0 Å². The summed E-state index contributed by atoms with van der Waals surface area (Å²) in [6, 6.07) is 0. The van der Waals surface area contributed by atoms with Crippen LogP contribution in [0.2, 0.25) is 0 Å². The second-order valence-corrected chi connectivity index (χ2v) is 4.79. The van der Waals surface area contributed by atoms with Crippen LogP contribution in [-0.4, -0.2) is 12.2 Å². The summed E-state index contributed by atoms with van der Waals surface area (Å²) in [5.41, 5.74) is 0. The molecule has 0 radical (unpaired) electrons. The third-order valence-corrected chi connectivity index (χ3v) is 3.06. The van der Waals surface area contributed by atoms with Gasteiger partial charge in [0.05, 0.1) is 12.2 Å². The lowest BCUT2D eigenvalue weighted by atomic mass is 10.1. The lowest BCUT2D eigenvalue weighted by molar-refractivity contribution is 0.356. The monoisotopic (exact) mass is 240 g/mol. The summed E-state index contributed by atoms with van der Waals surface area (Å²) in [6.45, 7) is 8.81. The third kappa shape index (κ3) is 10.6. The highest BCUT2D eigenvalue weighted by atomic mass is 16.6. The predicted molar refractivity (Wildman–Crippen MR) is 77.4 cm³/mol. The Bertz CT molecular complexity index is 174. The first kappa shape index (κ1) is 16.7. The maximum absolute atomic E-state index is 5.37. The highest BCUT2D eigenvalue weighted by Crippen LogP contribution is 2.29. The molecule has 1 aliphatic heterocycles. The van der Waals surface area contributed by atoms with E-state index in [0.717, 1.165) is 0 Å². The van der Waals surface area contributed by atoms with Gasteiger partial charge in [0.2, 0.25) is 0 Å². The van der Waals surface area contributed by atoms with Crippen LogP contribution < -0.4 is 0 Å². The first-order chi connectivity index (χ1) is 8.29. The van der Waals surface area contributed by atoms with E-state index in [1.807, 2.05) is 0 Å². The Balaban J connectivity index is 0.000000304.